The average Bonchev–Trinajstić information content (AvgIpc) is 3.04. The Labute approximate surface area is 121 Å². The van der Waals surface area contributed by atoms with E-state index in [1.54, 1.807) is 17.7 Å². The van der Waals surface area contributed by atoms with Crippen LogP contribution in [0.5, 0.6) is 0 Å². The second-order valence-corrected chi connectivity index (χ2v) is 6.21. The van der Waals surface area contributed by atoms with E-state index in [1.165, 1.54) is 0 Å². The molecule has 2 aromatic heterocycles. The van der Waals surface area contributed by atoms with Gasteiger partial charge in [-0.15, -0.1) is 11.3 Å². The molecule has 0 saturated heterocycles. The lowest BCUT2D eigenvalue weighted by molar-refractivity contribution is -0.142. The molecule has 2 unspecified atom stereocenters. The largest absolute Gasteiger partial charge is 0.481 e. The highest BCUT2D eigenvalue weighted by atomic mass is 32.1. The van der Waals surface area contributed by atoms with Crippen molar-refractivity contribution in [1.82, 2.24) is 9.97 Å². The number of rotatable bonds is 4. The number of thiophene rings is 1. The van der Waals surface area contributed by atoms with Gasteiger partial charge in [-0.25, -0.2) is 9.97 Å². The van der Waals surface area contributed by atoms with Crippen LogP contribution in [0.3, 0.4) is 0 Å². The zero-order valence-electron chi connectivity index (χ0n) is 11.3. The molecular formula is C14H17N3O2S. The van der Waals surface area contributed by atoms with E-state index in [0.717, 1.165) is 40.9 Å². The highest BCUT2D eigenvalue weighted by Crippen LogP contribution is 2.33. The van der Waals surface area contributed by atoms with Gasteiger partial charge in [-0.1, -0.05) is 6.42 Å². The Balaban J connectivity index is 1.75. The second-order valence-electron chi connectivity index (χ2n) is 5.34. The third kappa shape index (κ3) is 2.35. The molecule has 0 amide bonds. The summed E-state index contributed by atoms with van der Waals surface area (Å²) < 4.78 is 1.05. The number of aromatic nitrogens is 2. The molecule has 5 nitrogen and oxygen atoms in total. The van der Waals surface area contributed by atoms with Gasteiger partial charge in [-0.2, -0.15) is 0 Å². The van der Waals surface area contributed by atoms with Gasteiger partial charge >= 0.3 is 5.97 Å². The summed E-state index contributed by atoms with van der Waals surface area (Å²) in [4.78, 5) is 19.8. The van der Waals surface area contributed by atoms with Crippen LogP contribution in [0.4, 0.5) is 5.82 Å². The van der Waals surface area contributed by atoms with E-state index in [-0.39, 0.29) is 11.8 Å². The number of anilines is 1. The maximum absolute atomic E-state index is 11.2. The van der Waals surface area contributed by atoms with Gasteiger partial charge in [0.05, 0.1) is 16.1 Å². The van der Waals surface area contributed by atoms with Crippen molar-refractivity contribution in [1.29, 1.82) is 0 Å². The molecule has 1 aliphatic rings. The molecule has 1 aliphatic carbocycles. The molecular weight excluding hydrogens is 274 g/mol. The number of hydrogen-bond acceptors (Lipinski definition) is 5. The summed E-state index contributed by atoms with van der Waals surface area (Å²) in [6, 6.07) is 0. The maximum atomic E-state index is 11.2. The van der Waals surface area contributed by atoms with Crippen LogP contribution < -0.4 is 5.32 Å². The van der Waals surface area contributed by atoms with E-state index in [0.29, 0.717) is 6.54 Å². The molecule has 1 fully saturated rings. The molecule has 2 heterocycles. The standard InChI is InChI=1S/C14H17N3O2S/c1-8-6-20-12-11(8)16-7-17-13(12)15-5-9-3-2-4-10(9)14(18)19/h6-7,9-10H,2-5H2,1H3,(H,18,19)(H,15,16,17). The first kappa shape index (κ1) is 13.3. The van der Waals surface area contributed by atoms with E-state index in [9.17, 15) is 9.90 Å². The fourth-order valence-corrected chi connectivity index (χ4v) is 3.90. The Morgan fingerprint density at radius 3 is 3.15 bits per heavy atom. The summed E-state index contributed by atoms with van der Waals surface area (Å²) in [7, 11) is 0. The minimum absolute atomic E-state index is 0.193. The summed E-state index contributed by atoms with van der Waals surface area (Å²) in [5, 5.41) is 14.6. The number of aryl methyl sites for hydroxylation is 1. The fraction of sp³-hybridized carbons (Fsp3) is 0.500. The Hall–Kier alpha value is -1.69. The van der Waals surface area contributed by atoms with Gasteiger partial charge in [-0.3, -0.25) is 4.79 Å². The van der Waals surface area contributed by atoms with E-state index in [2.05, 4.69) is 20.7 Å². The molecule has 106 valence electrons. The molecule has 0 aromatic carbocycles. The van der Waals surface area contributed by atoms with Crippen LogP contribution in [0.1, 0.15) is 24.8 Å². The molecule has 0 radical (unpaired) electrons. The number of nitrogens with zero attached hydrogens (tertiary/aromatic N) is 2. The first-order chi connectivity index (χ1) is 9.66. The molecule has 2 aromatic rings. The zero-order chi connectivity index (χ0) is 14.1. The van der Waals surface area contributed by atoms with Gasteiger partial charge in [0.2, 0.25) is 0 Å². The van der Waals surface area contributed by atoms with Gasteiger partial charge in [0.15, 0.2) is 0 Å². The molecule has 0 spiro atoms. The Morgan fingerprint density at radius 2 is 2.35 bits per heavy atom. The van der Waals surface area contributed by atoms with Crippen molar-refractivity contribution in [3.8, 4) is 0 Å². The summed E-state index contributed by atoms with van der Waals surface area (Å²) in [6.07, 6.45) is 4.33. The molecule has 2 atom stereocenters. The predicted molar refractivity (Wildman–Crippen MR) is 79.1 cm³/mol. The molecule has 1 saturated carbocycles. The number of carbonyl (C=O) groups is 1. The van der Waals surface area contributed by atoms with Crippen LogP contribution in [-0.4, -0.2) is 27.6 Å². The summed E-state index contributed by atoms with van der Waals surface area (Å²) in [6.45, 7) is 2.70. The third-order valence-corrected chi connectivity index (χ3v) is 5.13. The quantitative estimate of drug-likeness (QED) is 0.906. The van der Waals surface area contributed by atoms with E-state index in [4.69, 9.17) is 0 Å². The summed E-state index contributed by atoms with van der Waals surface area (Å²) in [5.74, 6) is 0.127. The van der Waals surface area contributed by atoms with Crippen molar-refractivity contribution in [3.63, 3.8) is 0 Å². The molecule has 0 aliphatic heterocycles. The molecule has 0 bridgehead atoms. The first-order valence-electron chi connectivity index (χ1n) is 6.82. The summed E-state index contributed by atoms with van der Waals surface area (Å²) in [5.41, 5.74) is 2.13. The highest BCUT2D eigenvalue weighted by Gasteiger charge is 2.32. The van der Waals surface area contributed by atoms with Crippen molar-refractivity contribution in [2.75, 3.05) is 11.9 Å². The highest BCUT2D eigenvalue weighted by molar-refractivity contribution is 7.18. The average molecular weight is 291 g/mol. The van der Waals surface area contributed by atoms with Crippen LogP contribution in [0.15, 0.2) is 11.7 Å². The predicted octanol–water partition coefficient (Wildman–Crippen LogP) is 2.91. The number of fused-ring (bicyclic) bond motifs is 1. The van der Waals surface area contributed by atoms with Gasteiger partial charge in [-0.05, 0) is 36.6 Å². The SMILES string of the molecule is Cc1csc2c(NCC3CCCC3C(=O)O)ncnc12. The second kappa shape index (κ2) is 5.36. The van der Waals surface area contributed by atoms with Crippen LogP contribution in [0.2, 0.25) is 0 Å². The Morgan fingerprint density at radius 1 is 1.50 bits per heavy atom. The third-order valence-electron chi connectivity index (χ3n) is 4.04. The Bertz CT molecular complexity index is 640. The number of hydrogen-bond donors (Lipinski definition) is 2. The van der Waals surface area contributed by atoms with Crippen LogP contribution in [0.25, 0.3) is 10.2 Å². The van der Waals surface area contributed by atoms with Crippen molar-refractivity contribution in [3.05, 3.63) is 17.3 Å². The van der Waals surface area contributed by atoms with Crippen molar-refractivity contribution in [2.45, 2.75) is 26.2 Å². The summed E-state index contributed by atoms with van der Waals surface area (Å²) >= 11 is 1.63. The normalized spacial score (nSPS) is 22.2. The van der Waals surface area contributed by atoms with Crippen molar-refractivity contribution in [2.24, 2.45) is 11.8 Å². The smallest absolute Gasteiger partial charge is 0.306 e. The van der Waals surface area contributed by atoms with E-state index in [1.807, 2.05) is 6.92 Å². The number of carboxylic acids is 1. The monoisotopic (exact) mass is 291 g/mol. The van der Waals surface area contributed by atoms with Crippen molar-refractivity contribution >= 4 is 33.3 Å². The van der Waals surface area contributed by atoms with Gasteiger partial charge in [0, 0.05) is 6.54 Å². The number of carboxylic acid groups (broad SMARTS) is 1. The topological polar surface area (TPSA) is 75.1 Å². The number of aliphatic carboxylic acids is 1. The van der Waals surface area contributed by atoms with Gasteiger partial charge in [0.1, 0.15) is 12.1 Å². The van der Waals surface area contributed by atoms with E-state index < -0.39 is 5.97 Å². The van der Waals surface area contributed by atoms with Crippen LogP contribution in [-0.2, 0) is 4.79 Å². The fourth-order valence-electron chi connectivity index (χ4n) is 2.93. The minimum atomic E-state index is -0.672. The van der Waals surface area contributed by atoms with Crippen LogP contribution >= 0.6 is 11.3 Å². The Kier molecular flexibility index (Phi) is 3.56. The van der Waals surface area contributed by atoms with Crippen LogP contribution in [0, 0.1) is 18.8 Å². The lowest BCUT2D eigenvalue weighted by atomic mass is 9.96. The number of nitrogens with one attached hydrogen (secondary N) is 1. The molecule has 6 heteroatoms. The zero-order valence-corrected chi connectivity index (χ0v) is 12.1. The lowest BCUT2D eigenvalue weighted by Gasteiger charge is -2.16. The molecule has 2 N–H and O–H groups in total. The molecule has 20 heavy (non-hydrogen) atoms. The van der Waals surface area contributed by atoms with Gasteiger partial charge < -0.3 is 10.4 Å². The minimum Gasteiger partial charge on any atom is -0.481 e. The maximum Gasteiger partial charge on any atom is 0.306 e. The van der Waals surface area contributed by atoms with Crippen molar-refractivity contribution < 1.29 is 9.90 Å². The van der Waals surface area contributed by atoms with E-state index >= 15 is 0 Å². The lowest BCUT2D eigenvalue weighted by Crippen LogP contribution is -2.24. The van der Waals surface area contributed by atoms with Gasteiger partial charge in [0.25, 0.3) is 0 Å². The molecule has 3 rings (SSSR count). The first-order valence-corrected chi connectivity index (χ1v) is 7.70.